The summed E-state index contributed by atoms with van der Waals surface area (Å²) in [5.41, 5.74) is 0. The summed E-state index contributed by atoms with van der Waals surface area (Å²) in [7, 11) is 2.79. The van der Waals surface area contributed by atoms with Gasteiger partial charge in [-0.3, -0.25) is 0 Å². The summed E-state index contributed by atoms with van der Waals surface area (Å²) in [5.74, 6) is -0.804. The molecular weight excluding hydrogens is 272 g/mol. The third kappa shape index (κ3) is 4.05. The fourth-order valence-electron chi connectivity index (χ4n) is 1.14. The highest BCUT2D eigenvalue weighted by Crippen LogP contribution is 2.17. The van der Waals surface area contributed by atoms with Crippen LogP contribution in [0.5, 0.6) is 0 Å². The summed E-state index contributed by atoms with van der Waals surface area (Å²) in [6.07, 6.45) is 0. The highest BCUT2D eigenvalue weighted by atomic mass is 32.2. The van der Waals surface area contributed by atoms with E-state index in [1.165, 1.54) is 26.2 Å². The SMILES string of the molecule is CN(C)CCOC(=O)c1ccc(S(=O)(=O)N(C)C)o1. The maximum atomic E-state index is 11.7. The van der Waals surface area contributed by atoms with E-state index in [0.29, 0.717) is 6.54 Å². The zero-order chi connectivity index (χ0) is 14.6. The molecule has 0 saturated heterocycles. The van der Waals surface area contributed by atoms with Crippen LogP contribution in [0, 0.1) is 0 Å². The van der Waals surface area contributed by atoms with Gasteiger partial charge in [-0.1, -0.05) is 0 Å². The van der Waals surface area contributed by atoms with Crippen LogP contribution in [-0.4, -0.2) is 64.9 Å². The van der Waals surface area contributed by atoms with Gasteiger partial charge in [0.15, 0.2) is 0 Å². The molecule has 0 aliphatic carbocycles. The van der Waals surface area contributed by atoms with E-state index in [4.69, 9.17) is 9.15 Å². The van der Waals surface area contributed by atoms with E-state index in [0.717, 1.165) is 4.31 Å². The lowest BCUT2D eigenvalue weighted by Crippen LogP contribution is -2.21. The molecule has 0 N–H and O–H groups in total. The summed E-state index contributed by atoms with van der Waals surface area (Å²) >= 11 is 0. The van der Waals surface area contributed by atoms with Gasteiger partial charge in [0.1, 0.15) is 6.61 Å². The molecule has 7 nitrogen and oxygen atoms in total. The Bertz CT molecular complexity index is 533. The molecule has 1 aromatic rings. The Kier molecular flexibility index (Phi) is 5.10. The van der Waals surface area contributed by atoms with Crippen molar-refractivity contribution in [1.29, 1.82) is 0 Å². The predicted molar refractivity (Wildman–Crippen MR) is 68.4 cm³/mol. The van der Waals surface area contributed by atoms with E-state index in [9.17, 15) is 13.2 Å². The molecule has 0 spiro atoms. The molecule has 0 aliphatic rings. The first-order chi connectivity index (χ1) is 8.75. The molecule has 0 saturated carbocycles. The first kappa shape index (κ1) is 15.7. The molecule has 1 aromatic heterocycles. The van der Waals surface area contributed by atoms with Crippen LogP contribution in [0.25, 0.3) is 0 Å². The minimum absolute atomic E-state index is 0.126. The lowest BCUT2D eigenvalue weighted by Gasteiger charge is -2.09. The summed E-state index contributed by atoms with van der Waals surface area (Å²) in [4.78, 5) is 13.5. The van der Waals surface area contributed by atoms with Crippen LogP contribution in [0.2, 0.25) is 0 Å². The highest BCUT2D eigenvalue weighted by Gasteiger charge is 2.23. The summed E-state index contributed by atoms with van der Waals surface area (Å²) in [5, 5.41) is -0.281. The minimum atomic E-state index is -3.67. The van der Waals surface area contributed by atoms with Gasteiger partial charge in [-0.2, -0.15) is 0 Å². The Labute approximate surface area is 112 Å². The van der Waals surface area contributed by atoms with Gasteiger partial charge in [-0.25, -0.2) is 17.5 Å². The fourth-order valence-corrected chi connectivity index (χ4v) is 1.94. The van der Waals surface area contributed by atoms with Crippen molar-refractivity contribution in [1.82, 2.24) is 9.21 Å². The minimum Gasteiger partial charge on any atom is -0.458 e. The lowest BCUT2D eigenvalue weighted by molar-refractivity contribution is 0.0440. The first-order valence-corrected chi connectivity index (χ1v) is 7.03. The number of furan rings is 1. The van der Waals surface area contributed by atoms with Gasteiger partial charge < -0.3 is 14.1 Å². The third-order valence-corrected chi connectivity index (χ3v) is 3.98. The molecule has 0 atom stereocenters. The number of likely N-dealkylation sites (N-methyl/N-ethyl adjacent to an activating group) is 1. The summed E-state index contributed by atoms with van der Waals surface area (Å²) in [6, 6.07) is 2.52. The second-order valence-corrected chi connectivity index (χ2v) is 6.43. The topological polar surface area (TPSA) is 80.1 Å². The molecule has 0 aromatic carbocycles. The average Bonchev–Trinajstić information content (AvgIpc) is 2.77. The Morgan fingerprint density at radius 1 is 1.26 bits per heavy atom. The van der Waals surface area contributed by atoms with Crippen LogP contribution in [0.4, 0.5) is 0 Å². The van der Waals surface area contributed by atoms with Crippen LogP contribution in [0.15, 0.2) is 21.6 Å². The van der Waals surface area contributed by atoms with Gasteiger partial charge in [0.05, 0.1) is 0 Å². The van der Waals surface area contributed by atoms with Crippen LogP contribution >= 0.6 is 0 Å². The molecule has 0 aliphatic heterocycles. The van der Waals surface area contributed by atoms with Crippen LogP contribution in [-0.2, 0) is 14.8 Å². The molecule has 1 rings (SSSR count). The van der Waals surface area contributed by atoms with Crippen molar-refractivity contribution >= 4 is 16.0 Å². The molecule has 1 heterocycles. The second kappa shape index (κ2) is 6.18. The number of carbonyl (C=O) groups is 1. The molecular formula is C11H18N2O5S. The quantitative estimate of drug-likeness (QED) is 0.699. The summed E-state index contributed by atoms with van der Waals surface area (Å²) < 4.78 is 34.5. The van der Waals surface area contributed by atoms with Crippen LogP contribution in [0.3, 0.4) is 0 Å². The Morgan fingerprint density at radius 3 is 2.42 bits per heavy atom. The Hall–Kier alpha value is -1.38. The molecule has 108 valence electrons. The van der Waals surface area contributed by atoms with Crippen molar-refractivity contribution in [3.8, 4) is 0 Å². The van der Waals surface area contributed by atoms with E-state index >= 15 is 0 Å². The predicted octanol–water partition coefficient (Wildman–Crippen LogP) is 0.248. The molecule has 0 radical (unpaired) electrons. The largest absolute Gasteiger partial charge is 0.458 e. The number of rotatable bonds is 6. The van der Waals surface area contributed by atoms with Crippen LogP contribution in [0.1, 0.15) is 10.6 Å². The van der Waals surface area contributed by atoms with Crippen molar-refractivity contribution in [3.63, 3.8) is 0 Å². The number of ether oxygens (including phenoxy) is 1. The second-order valence-electron chi connectivity index (χ2n) is 4.35. The van der Waals surface area contributed by atoms with E-state index in [1.807, 2.05) is 19.0 Å². The Morgan fingerprint density at radius 2 is 1.89 bits per heavy atom. The zero-order valence-electron chi connectivity index (χ0n) is 11.4. The zero-order valence-corrected chi connectivity index (χ0v) is 12.2. The number of nitrogens with zero attached hydrogens (tertiary/aromatic N) is 2. The van der Waals surface area contributed by atoms with Gasteiger partial charge in [-0.15, -0.1) is 0 Å². The van der Waals surface area contributed by atoms with E-state index < -0.39 is 16.0 Å². The number of carbonyl (C=O) groups excluding carboxylic acids is 1. The van der Waals surface area contributed by atoms with E-state index in [-0.39, 0.29) is 17.5 Å². The van der Waals surface area contributed by atoms with Crippen molar-refractivity contribution in [2.24, 2.45) is 0 Å². The standard InChI is InChI=1S/C11H18N2O5S/c1-12(2)7-8-17-11(14)9-5-6-10(18-9)19(15,16)13(3)4/h5-6H,7-8H2,1-4H3. The van der Waals surface area contributed by atoms with Crippen molar-refractivity contribution in [3.05, 3.63) is 17.9 Å². The molecule has 0 unspecified atom stereocenters. The van der Waals surface area contributed by atoms with Crippen molar-refractivity contribution in [2.75, 3.05) is 41.3 Å². The fraction of sp³-hybridized carbons (Fsp3) is 0.545. The monoisotopic (exact) mass is 290 g/mol. The molecule has 0 fully saturated rings. The number of hydrogen-bond acceptors (Lipinski definition) is 6. The van der Waals surface area contributed by atoms with E-state index in [2.05, 4.69) is 0 Å². The maximum Gasteiger partial charge on any atom is 0.374 e. The number of hydrogen-bond donors (Lipinski definition) is 0. The van der Waals surface area contributed by atoms with Gasteiger partial charge >= 0.3 is 5.97 Å². The molecule has 19 heavy (non-hydrogen) atoms. The maximum absolute atomic E-state index is 11.7. The highest BCUT2D eigenvalue weighted by molar-refractivity contribution is 7.88. The Balaban J connectivity index is 2.72. The van der Waals surface area contributed by atoms with Gasteiger partial charge in [0, 0.05) is 20.6 Å². The summed E-state index contributed by atoms with van der Waals surface area (Å²) in [6.45, 7) is 0.789. The molecule has 0 bridgehead atoms. The number of sulfonamides is 1. The normalized spacial score (nSPS) is 12.1. The molecule has 0 amide bonds. The number of esters is 1. The molecule has 8 heteroatoms. The van der Waals surface area contributed by atoms with E-state index in [1.54, 1.807) is 0 Å². The third-order valence-electron chi connectivity index (χ3n) is 2.29. The first-order valence-electron chi connectivity index (χ1n) is 5.59. The van der Waals surface area contributed by atoms with Crippen LogP contribution < -0.4 is 0 Å². The lowest BCUT2D eigenvalue weighted by atomic mass is 10.4. The van der Waals surface area contributed by atoms with Crippen molar-refractivity contribution in [2.45, 2.75) is 5.09 Å². The van der Waals surface area contributed by atoms with Gasteiger partial charge in [-0.05, 0) is 26.2 Å². The van der Waals surface area contributed by atoms with Crippen molar-refractivity contribution < 1.29 is 22.4 Å². The smallest absolute Gasteiger partial charge is 0.374 e. The van der Waals surface area contributed by atoms with Gasteiger partial charge in [0.25, 0.3) is 10.0 Å². The average molecular weight is 290 g/mol. The van der Waals surface area contributed by atoms with Gasteiger partial charge in [0.2, 0.25) is 10.9 Å².